The molecular formula is C18H20O5S. The molecule has 0 aliphatic rings. The summed E-state index contributed by atoms with van der Waals surface area (Å²) < 4.78 is 16.5. The zero-order chi connectivity index (χ0) is 17.5. The van der Waals surface area contributed by atoms with Gasteiger partial charge in [0.1, 0.15) is 0 Å². The molecule has 128 valence electrons. The number of aliphatic carboxylic acids is 1. The van der Waals surface area contributed by atoms with Gasteiger partial charge in [0, 0.05) is 4.88 Å². The van der Waals surface area contributed by atoms with Gasteiger partial charge in [-0.2, -0.15) is 0 Å². The molecule has 0 saturated carbocycles. The lowest BCUT2D eigenvalue weighted by Crippen LogP contribution is -2.01. The third-order valence-electron chi connectivity index (χ3n) is 3.26. The van der Waals surface area contributed by atoms with E-state index >= 15 is 0 Å². The van der Waals surface area contributed by atoms with E-state index in [1.807, 2.05) is 18.4 Å². The number of carboxylic acids is 1. The second kappa shape index (κ2) is 8.40. The molecule has 24 heavy (non-hydrogen) atoms. The van der Waals surface area contributed by atoms with Crippen molar-refractivity contribution >= 4 is 29.0 Å². The standard InChI is InChI=1S/C18H20O5S/c1-4-7-23-17-14(21-2)10-12(11-15(17)22-3)9-13(18(19)20)16-6-5-8-24-16/h5-6,8-11H,4,7H2,1-3H3,(H,19,20)/b13-9-. The Morgan fingerprint density at radius 1 is 1.25 bits per heavy atom. The van der Waals surface area contributed by atoms with Crippen molar-refractivity contribution < 1.29 is 24.1 Å². The van der Waals surface area contributed by atoms with Crippen LogP contribution in [0.3, 0.4) is 0 Å². The summed E-state index contributed by atoms with van der Waals surface area (Å²) in [4.78, 5) is 12.3. The first-order valence-electron chi connectivity index (χ1n) is 7.48. The monoisotopic (exact) mass is 348 g/mol. The van der Waals surface area contributed by atoms with E-state index in [0.29, 0.717) is 34.3 Å². The number of hydrogen-bond acceptors (Lipinski definition) is 5. The maximum atomic E-state index is 11.6. The van der Waals surface area contributed by atoms with Crippen molar-refractivity contribution in [2.75, 3.05) is 20.8 Å². The van der Waals surface area contributed by atoms with Gasteiger partial charge in [-0.3, -0.25) is 0 Å². The van der Waals surface area contributed by atoms with Gasteiger partial charge in [-0.05, 0) is 41.6 Å². The van der Waals surface area contributed by atoms with Crippen molar-refractivity contribution in [2.24, 2.45) is 0 Å². The van der Waals surface area contributed by atoms with Gasteiger partial charge in [0.05, 0.1) is 26.4 Å². The van der Waals surface area contributed by atoms with Crippen molar-refractivity contribution in [1.82, 2.24) is 0 Å². The number of carboxylic acid groups (broad SMARTS) is 1. The quantitative estimate of drug-likeness (QED) is 0.725. The average molecular weight is 348 g/mol. The molecule has 1 aromatic carbocycles. The lowest BCUT2D eigenvalue weighted by molar-refractivity contribution is -0.130. The molecule has 0 atom stereocenters. The van der Waals surface area contributed by atoms with Crippen LogP contribution in [0.5, 0.6) is 17.2 Å². The molecule has 0 bridgehead atoms. The fraction of sp³-hybridized carbons (Fsp3) is 0.278. The van der Waals surface area contributed by atoms with Crippen LogP contribution in [0.1, 0.15) is 23.8 Å². The van der Waals surface area contributed by atoms with Crippen LogP contribution in [0, 0.1) is 0 Å². The van der Waals surface area contributed by atoms with Crippen LogP contribution in [0.25, 0.3) is 11.6 Å². The fourth-order valence-electron chi connectivity index (χ4n) is 2.17. The van der Waals surface area contributed by atoms with Crippen LogP contribution < -0.4 is 14.2 Å². The van der Waals surface area contributed by atoms with Crippen LogP contribution in [0.2, 0.25) is 0 Å². The number of carbonyl (C=O) groups is 1. The summed E-state index contributed by atoms with van der Waals surface area (Å²) in [5.41, 5.74) is 0.884. The fourth-order valence-corrected chi connectivity index (χ4v) is 2.90. The molecule has 2 rings (SSSR count). The van der Waals surface area contributed by atoms with Gasteiger partial charge in [0.25, 0.3) is 0 Å². The molecule has 1 aromatic heterocycles. The van der Waals surface area contributed by atoms with Crippen molar-refractivity contribution in [2.45, 2.75) is 13.3 Å². The molecule has 1 heterocycles. The molecule has 0 spiro atoms. The number of rotatable bonds is 8. The van der Waals surface area contributed by atoms with Gasteiger partial charge in [-0.15, -0.1) is 11.3 Å². The minimum atomic E-state index is -0.985. The third-order valence-corrected chi connectivity index (χ3v) is 4.16. The van der Waals surface area contributed by atoms with Crippen LogP contribution in [0.4, 0.5) is 0 Å². The van der Waals surface area contributed by atoms with Crippen molar-refractivity contribution in [3.8, 4) is 17.2 Å². The summed E-state index contributed by atoms with van der Waals surface area (Å²) in [5, 5.41) is 11.3. The maximum absolute atomic E-state index is 11.6. The summed E-state index contributed by atoms with van der Waals surface area (Å²) in [6, 6.07) is 7.07. The Balaban J connectivity index is 2.50. The molecule has 1 N–H and O–H groups in total. The van der Waals surface area contributed by atoms with Crippen LogP contribution >= 0.6 is 11.3 Å². The van der Waals surface area contributed by atoms with E-state index in [0.717, 1.165) is 6.42 Å². The molecule has 0 aliphatic heterocycles. The summed E-state index contributed by atoms with van der Waals surface area (Å²) in [6.45, 7) is 2.55. The Bertz CT molecular complexity index is 694. The zero-order valence-electron chi connectivity index (χ0n) is 13.9. The number of ether oxygens (including phenoxy) is 3. The van der Waals surface area contributed by atoms with Gasteiger partial charge in [-0.1, -0.05) is 13.0 Å². The predicted molar refractivity (Wildman–Crippen MR) is 95.2 cm³/mol. The average Bonchev–Trinajstić information content (AvgIpc) is 3.11. The highest BCUT2D eigenvalue weighted by molar-refractivity contribution is 7.11. The number of methoxy groups -OCH3 is 2. The van der Waals surface area contributed by atoms with Gasteiger partial charge in [0.15, 0.2) is 11.5 Å². The van der Waals surface area contributed by atoms with Gasteiger partial charge >= 0.3 is 5.97 Å². The highest BCUT2D eigenvalue weighted by Crippen LogP contribution is 2.39. The molecular weight excluding hydrogens is 328 g/mol. The Labute approximate surface area is 145 Å². The Hall–Kier alpha value is -2.47. The van der Waals surface area contributed by atoms with E-state index in [1.165, 1.54) is 11.3 Å². The van der Waals surface area contributed by atoms with Crippen LogP contribution in [-0.4, -0.2) is 31.9 Å². The minimum absolute atomic E-state index is 0.219. The molecule has 0 saturated heterocycles. The summed E-state index contributed by atoms with van der Waals surface area (Å²) in [7, 11) is 3.08. The molecule has 2 aromatic rings. The Kier molecular flexibility index (Phi) is 6.26. The topological polar surface area (TPSA) is 65.0 Å². The smallest absolute Gasteiger partial charge is 0.337 e. The summed E-state index contributed by atoms with van der Waals surface area (Å²) in [5.74, 6) is 0.545. The lowest BCUT2D eigenvalue weighted by Gasteiger charge is -2.15. The maximum Gasteiger partial charge on any atom is 0.337 e. The normalized spacial score (nSPS) is 11.2. The van der Waals surface area contributed by atoms with E-state index in [-0.39, 0.29) is 5.57 Å². The first kappa shape index (κ1) is 17.9. The first-order valence-corrected chi connectivity index (χ1v) is 8.36. The Morgan fingerprint density at radius 2 is 1.92 bits per heavy atom. The van der Waals surface area contributed by atoms with Gasteiger partial charge < -0.3 is 19.3 Å². The van der Waals surface area contributed by atoms with E-state index in [2.05, 4.69) is 0 Å². The Morgan fingerprint density at radius 3 is 2.38 bits per heavy atom. The zero-order valence-corrected chi connectivity index (χ0v) is 14.7. The molecule has 6 heteroatoms. The van der Waals surface area contributed by atoms with Gasteiger partial charge in [-0.25, -0.2) is 4.79 Å². The van der Waals surface area contributed by atoms with Gasteiger partial charge in [0.2, 0.25) is 5.75 Å². The summed E-state index contributed by atoms with van der Waals surface area (Å²) >= 11 is 1.38. The van der Waals surface area contributed by atoms with E-state index in [1.54, 1.807) is 38.5 Å². The highest BCUT2D eigenvalue weighted by Gasteiger charge is 2.16. The second-order valence-corrected chi connectivity index (χ2v) is 5.89. The van der Waals surface area contributed by atoms with Crippen molar-refractivity contribution in [3.05, 3.63) is 40.1 Å². The number of thiophene rings is 1. The SMILES string of the molecule is CCCOc1c(OC)cc(/C=C(\C(=O)O)c2cccs2)cc1OC. The van der Waals surface area contributed by atoms with E-state index < -0.39 is 5.97 Å². The molecule has 0 aliphatic carbocycles. The molecule has 5 nitrogen and oxygen atoms in total. The highest BCUT2D eigenvalue weighted by atomic mass is 32.1. The predicted octanol–water partition coefficient (Wildman–Crippen LogP) is 4.18. The lowest BCUT2D eigenvalue weighted by atomic mass is 10.1. The molecule has 0 unspecified atom stereocenters. The molecule has 0 fully saturated rings. The molecule has 0 radical (unpaired) electrons. The second-order valence-electron chi connectivity index (χ2n) is 4.94. The van der Waals surface area contributed by atoms with Crippen molar-refractivity contribution in [3.63, 3.8) is 0 Å². The summed E-state index contributed by atoms with van der Waals surface area (Å²) in [6.07, 6.45) is 2.46. The first-order chi connectivity index (χ1) is 11.6. The van der Waals surface area contributed by atoms with Crippen molar-refractivity contribution in [1.29, 1.82) is 0 Å². The van der Waals surface area contributed by atoms with E-state index in [4.69, 9.17) is 14.2 Å². The molecule has 0 amide bonds. The minimum Gasteiger partial charge on any atom is -0.493 e. The van der Waals surface area contributed by atoms with Crippen LogP contribution in [0.15, 0.2) is 29.6 Å². The van der Waals surface area contributed by atoms with Crippen LogP contribution in [-0.2, 0) is 4.79 Å². The number of hydrogen-bond donors (Lipinski definition) is 1. The largest absolute Gasteiger partial charge is 0.493 e. The number of benzene rings is 1. The third kappa shape index (κ3) is 4.08. The van der Waals surface area contributed by atoms with E-state index in [9.17, 15) is 9.90 Å².